The molecule has 20 heavy (non-hydrogen) atoms. The molecule has 1 atom stereocenters. The summed E-state index contributed by atoms with van der Waals surface area (Å²) in [4.78, 5) is 0. The number of halogens is 3. The van der Waals surface area contributed by atoms with E-state index in [-0.39, 0.29) is 17.7 Å². The summed E-state index contributed by atoms with van der Waals surface area (Å²) in [5.41, 5.74) is 4.71. The molecule has 5 heteroatoms. The van der Waals surface area contributed by atoms with Gasteiger partial charge in [-0.3, -0.25) is 11.3 Å². The van der Waals surface area contributed by atoms with E-state index in [1.165, 1.54) is 24.3 Å². The lowest BCUT2D eigenvalue weighted by Gasteiger charge is -2.17. The maximum absolute atomic E-state index is 13.0. The third kappa shape index (κ3) is 4.10. The zero-order valence-electron chi connectivity index (χ0n) is 10.7. The standard InChI is InChI=1S/C15H15BrF2N2/c16-15-9-13(18)6-3-11(15)8-14(20-19)7-10-1-4-12(17)5-2-10/h1-6,9,14,20H,7-8,19H2. The Kier molecular flexibility index (Phi) is 5.23. The fourth-order valence-electron chi connectivity index (χ4n) is 2.05. The van der Waals surface area contributed by atoms with Crippen LogP contribution in [0.3, 0.4) is 0 Å². The van der Waals surface area contributed by atoms with E-state index < -0.39 is 0 Å². The first-order valence-electron chi connectivity index (χ1n) is 6.23. The van der Waals surface area contributed by atoms with E-state index in [0.29, 0.717) is 12.8 Å². The Bertz CT molecular complexity index is 573. The predicted octanol–water partition coefficient (Wildman–Crippen LogP) is 3.34. The first-order chi connectivity index (χ1) is 9.58. The minimum Gasteiger partial charge on any atom is -0.271 e. The molecule has 0 heterocycles. The van der Waals surface area contributed by atoms with Gasteiger partial charge in [-0.15, -0.1) is 0 Å². The van der Waals surface area contributed by atoms with Gasteiger partial charge in [0.2, 0.25) is 0 Å². The Hall–Kier alpha value is -1.30. The molecule has 0 bridgehead atoms. The Morgan fingerprint density at radius 2 is 1.65 bits per heavy atom. The van der Waals surface area contributed by atoms with Crippen LogP contribution in [0.5, 0.6) is 0 Å². The molecule has 1 unspecified atom stereocenters. The summed E-state index contributed by atoms with van der Waals surface area (Å²) in [5, 5.41) is 0. The summed E-state index contributed by atoms with van der Waals surface area (Å²) < 4.78 is 26.6. The van der Waals surface area contributed by atoms with Crippen LogP contribution < -0.4 is 11.3 Å². The van der Waals surface area contributed by atoms with Gasteiger partial charge >= 0.3 is 0 Å². The van der Waals surface area contributed by atoms with Gasteiger partial charge in [0.25, 0.3) is 0 Å². The molecule has 3 N–H and O–H groups in total. The molecule has 0 amide bonds. The Balaban J connectivity index is 2.07. The van der Waals surface area contributed by atoms with Gasteiger partial charge in [0.05, 0.1) is 0 Å². The van der Waals surface area contributed by atoms with Gasteiger partial charge in [0.15, 0.2) is 0 Å². The number of nitrogens with two attached hydrogens (primary N) is 1. The molecule has 0 radical (unpaired) electrons. The van der Waals surface area contributed by atoms with Gasteiger partial charge in [0, 0.05) is 10.5 Å². The summed E-state index contributed by atoms with van der Waals surface area (Å²) in [6.45, 7) is 0. The van der Waals surface area contributed by atoms with Crippen LogP contribution >= 0.6 is 15.9 Å². The van der Waals surface area contributed by atoms with Gasteiger partial charge in [0.1, 0.15) is 11.6 Å². The molecule has 0 fully saturated rings. The summed E-state index contributed by atoms with van der Waals surface area (Å²) in [6, 6.07) is 10.9. The molecule has 106 valence electrons. The summed E-state index contributed by atoms with van der Waals surface area (Å²) in [6.07, 6.45) is 1.31. The molecule has 0 aliphatic heterocycles. The number of benzene rings is 2. The highest BCUT2D eigenvalue weighted by Crippen LogP contribution is 2.20. The van der Waals surface area contributed by atoms with Crippen LogP contribution in [-0.2, 0) is 12.8 Å². The van der Waals surface area contributed by atoms with E-state index in [1.54, 1.807) is 18.2 Å². The van der Waals surface area contributed by atoms with Crippen molar-refractivity contribution in [3.8, 4) is 0 Å². The highest BCUT2D eigenvalue weighted by Gasteiger charge is 2.11. The van der Waals surface area contributed by atoms with Crippen molar-refractivity contribution in [2.24, 2.45) is 5.84 Å². The van der Waals surface area contributed by atoms with Crippen LogP contribution in [0.25, 0.3) is 0 Å². The first kappa shape index (κ1) is 15.1. The number of hydrogen-bond acceptors (Lipinski definition) is 2. The number of hydrazine groups is 1. The molecule has 0 aliphatic carbocycles. The van der Waals surface area contributed by atoms with E-state index in [0.717, 1.165) is 15.6 Å². The average molecular weight is 341 g/mol. The lowest BCUT2D eigenvalue weighted by molar-refractivity contribution is 0.520. The van der Waals surface area contributed by atoms with Crippen molar-refractivity contribution in [2.75, 3.05) is 0 Å². The largest absolute Gasteiger partial charge is 0.271 e. The smallest absolute Gasteiger partial charge is 0.124 e. The number of hydrogen-bond donors (Lipinski definition) is 2. The van der Waals surface area contributed by atoms with Crippen molar-refractivity contribution in [2.45, 2.75) is 18.9 Å². The van der Waals surface area contributed by atoms with Gasteiger partial charge in [-0.1, -0.05) is 34.1 Å². The Morgan fingerprint density at radius 3 is 2.25 bits per heavy atom. The molecule has 2 aromatic rings. The van der Waals surface area contributed by atoms with E-state index in [4.69, 9.17) is 5.84 Å². The van der Waals surface area contributed by atoms with Crippen LogP contribution in [-0.4, -0.2) is 6.04 Å². The summed E-state index contributed by atoms with van der Waals surface area (Å²) in [7, 11) is 0. The minimum absolute atomic E-state index is 0.0118. The van der Waals surface area contributed by atoms with Crippen molar-refractivity contribution in [3.05, 3.63) is 69.7 Å². The second kappa shape index (κ2) is 6.92. The molecular weight excluding hydrogens is 326 g/mol. The molecule has 2 nitrogen and oxygen atoms in total. The van der Waals surface area contributed by atoms with Crippen molar-refractivity contribution in [3.63, 3.8) is 0 Å². The second-order valence-corrected chi connectivity index (χ2v) is 5.49. The fraction of sp³-hybridized carbons (Fsp3) is 0.200. The molecule has 0 spiro atoms. The second-order valence-electron chi connectivity index (χ2n) is 4.63. The monoisotopic (exact) mass is 340 g/mol. The average Bonchev–Trinajstić information content (AvgIpc) is 2.43. The normalized spacial score (nSPS) is 12.4. The van der Waals surface area contributed by atoms with Gasteiger partial charge in [-0.2, -0.15) is 0 Å². The van der Waals surface area contributed by atoms with Crippen LogP contribution in [0.4, 0.5) is 8.78 Å². The lowest BCUT2D eigenvalue weighted by Crippen LogP contribution is -2.38. The van der Waals surface area contributed by atoms with Crippen molar-refractivity contribution >= 4 is 15.9 Å². The SMILES string of the molecule is NNC(Cc1ccc(F)cc1)Cc1ccc(F)cc1Br. The Labute approximate surface area is 125 Å². The fourth-order valence-corrected chi connectivity index (χ4v) is 2.56. The van der Waals surface area contributed by atoms with Crippen LogP contribution in [0.15, 0.2) is 46.9 Å². The zero-order chi connectivity index (χ0) is 14.5. The van der Waals surface area contributed by atoms with Crippen LogP contribution in [0, 0.1) is 11.6 Å². The molecule has 0 aromatic heterocycles. The highest BCUT2D eigenvalue weighted by molar-refractivity contribution is 9.10. The third-order valence-corrected chi connectivity index (χ3v) is 3.85. The molecule has 0 saturated heterocycles. The summed E-state index contributed by atoms with van der Waals surface area (Å²) in [5.74, 6) is 5.03. The molecule has 0 saturated carbocycles. The van der Waals surface area contributed by atoms with Gasteiger partial charge in [-0.05, 0) is 48.2 Å². The third-order valence-electron chi connectivity index (χ3n) is 3.11. The molecule has 0 aliphatic rings. The van der Waals surface area contributed by atoms with E-state index in [2.05, 4.69) is 21.4 Å². The number of nitrogens with one attached hydrogen (secondary N) is 1. The highest BCUT2D eigenvalue weighted by atomic mass is 79.9. The lowest BCUT2D eigenvalue weighted by atomic mass is 9.99. The van der Waals surface area contributed by atoms with Gasteiger partial charge < -0.3 is 0 Å². The van der Waals surface area contributed by atoms with E-state index in [1.807, 2.05) is 0 Å². The van der Waals surface area contributed by atoms with Gasteiger partial charge in [-0.25, -0.2) is 8.78 Å². The van der Waals surface area contributed by atoms with E-state index >= 15 is 0 Å². The Morgan fingerprint density at radius 1 is 1.00 bits per heavy atom. The molecule has 2 aromatic carbocycles. The van der Waals surface area contributed by atoms with Crippen molar-refractivity contribution in [1.82, 2.24) is 5.43 Å². The van der Waals surface area contributed by atoms with Crippen LogP contribution in [0.2, 0.25) is 0 Å². The maximum atomic E-state index is 13.0. The zero-order valence-corrected chi connectivity index (χ0v) is 12.3. The van der Waals surface area contributed by atoms with E-state index in [9.17, 15) is 8.78 Å². The minimum atomic E-state index is -0.281. The predicted molar refractivity (Wildman–Crippen MR) is 79.0 cm³/mol. The van der Waals surface area contributed by atoms with Crippen molar-refractivity contribution in [1.29, 1.82) is 0 Å². The first-order valence-corrected chi connectivity index (χ1v) is 7.02. The number of rotatable bonds is 5. The topological polar surface area (TPSA) is 38.0 Å². The molecular formula is C15H15BrF2N2. The van der Waals surface area contributed by atoms with Crippen molar-refractivity contribution < 1.29 is 8.78 Å². The van der Waals surface area contributed by atoms with Crippen LogP contribution in [0.1, 0.15) is 11.1 Å². The molecule has 2 rings (SSSR count). The summed E-state index contributed by atoms with van der Waals surface area (Å²) >= 11 is 3.34. The maximum Gasteiger partial charge on any atom is 0.124 e. The quantitative estimate of drug-likeness (QED) is 0.647.